The zero-order valence-electron chi connectivity index (χ0n) is 19.7. The fourth-order valence-corrected chi connectivity index (χ4v) is 4.77. The number of nitrogens with zero attached hydrogens (tertiary/aromatic N) is 3. The summed E-state index contributed by atoms with van der Waals surface area (Å²) >= 11 is 0. The molecule has 7 heteroatoms. The molecular weight excluding hydrogens is 418 g/mol. The van der Waals surface area contributed by atoms with Crippen LogP contribution in [0.5, 0.6) is 17.2 Å². The van der Waals surface area contributed by atoms with Gasteiger partial charge in [-0.1, -0.05) is 0 Å². The highest BCUT2D eigenvalue weighted by Crippen LogP contribution is 2.30. The molecule has 0 radical (unpaired) electrons. The molecule has 2 fully saturated rings. The molecule has 4 rings (SSSR count). The van der Waals surface area contributed by atoms with E-state index in [2.05, 4.69) is 9.88 Å². The number of hydrogen-bond donors (Lipinski definition) is 0. The van der Waals surface area contributed by atoms with Crippen LogP contribution in [-0.4, -0.2) is 72.2 Å². The summed E-state index contributed by atoms with van der Waals surface area (Å²) in [6.45, 7) is 8.64. The van der Waals surface area contributed by atoms with Crippen molar-refractivity contribution in [3.63, 3.8) is 0 Å². The van der Waals surface area contributed by atoms with Crippen molar-refractivity contribution in [2.24, 2.45) is 0 Å². The van der Waals surface area contributed by atoms with Crippen molar-refractivity contribution < 1.29 is 19.0 Å². The third-order valence-corrected chi connectivity index (χ3v) is 6.49. The monoisotopic (exact) mass is 453 g/mol. The van der Waals surface area contributed by atoms with Gasteiger partial charge in [0, 0.05) is 50.2 Å². The Morgan fingerprint density at radius 2 is 1.58 bits per heavy atom. The minimum absolute atomic E-state index is 0.0712. The number of piperidine rings is 2. The molecule has 0 unspecified atom stereocenters. The van der Waals surface area contributed by atoms with E-state index in [4.69, 9.17) is 14.2 Å². The van der Waals surface area contributed by atoms with Gasteiger partial charge >= 0.3 is 0 Å². The molecular formula is C26H35N3O4. The van der Waals surface area contributed by atoms with E-state index in [1.54, 1.807) is 12.4 Å². The number of carbonyl (C=O) groups is 1. The van der Waals surface area contributed by atoms with Crippen LogP contribution in [0.25, 0.3) is 0 Å². The lowest BCUT2D eigenvalue weighted by molar-refractivity contribution is 0.0425. The third-order valence-electron chi connectivity index (χ3n) is 6.49. The number of hydrogen-bond acceptors (Lipinski definition) is 6. The second-order valence-corrected chi connectivity index (χ2v) is 8.59. The molecule has 2 aliphatic rings. The molecule has 0 spiro atoms. The maximum atomic E-state index is 13.1. The van der Waals surface area contributed by atoms with Crippen molar-refractivity contribution >= 4 is 5.91 Å². The Bertz CT molecular complexity index is 892. The summed E-state index contributed by atoms with van der Waals surface area (Å²) in [5.41, 5.74) is 0.662. The van der Waals surface area contributed by atoms with Crippen molar-refractivity contribution in [2.45, 2.75) is 51.7 Å². The van der Waals surface area contributed by atoms with Gasteiger partial charge in [-0.05, 0) is 69.9 Å². The summed E-state index contributed by atoms with van der Waals surface area (Å²) in [6.07, 6.45) is 7.90. The SMILES string of the molecule is CCOc1ccc(C(=O)N2CCC(N3CCC(Oc4ccncc4)CC3)CC2)cc1OCC. The molecule has 0 bridgehead atoms. The highest BCUT2D eigenvalue weighted by atomic mass is 16.5. The van der Waals surface area contributed by atoms with Crippen LogP contribution in [0.1, 0.15) is 49.9 Å². The summed E-state index contributed by atoms with van der Waals surface area (Å²) < 4.78 is 17.4. The predicted octanol–water partition coefficient (Wildman–Crippen LogP) is 4.03. The fourth-order valence-electron chi connectivity index (χ4n) is 4.77. The fraction of sp³-hybridized carbons (Fsp3) is 0.538. The van der Waals surface area contributed by atoms with Gasteiger partial charge in [0.2, 0.25) is 0 Å². The second-order valence-electron chi connectivity index (χ2n) is 8.59. The zero-order valence-corrected chi connectivity index (χ0v) is 19.7. The van der Waals surface area contributed by atoms with Crippen LogP contribution in [0.15, 0.2) is 42.7 Å². The molecule has 1 aromatic carbocycles. The van der Waals surface area contributed by atoms with E-state index in [0.29, 0.717) is 36.3 Å². The summed E-state index contributed by atoms with van der Waals surface area (Å²) in [4.78, 5) is 21.7. The van der Waals surface area contributed by atoms with E-state index in [1.807, 2.05) is 49.1 Å². The van der Waals surface area contributed by atoms with Gasteiger partial charge in [0.15, 0.2) is 11.5 Å². The van der Waals surface area contributed by atoms with Crippen LogP contribution in [-0.2, 0) is 0 Å². The molecule has 2 saturated heterocycles. The molecule has 1 amide bonds. The quantitative estimate of drug-likeness (QED) is 0.601. The summed E-state index contributed by atoms with van der Waals surface area (Å²) in [7, 11) is 0. The van der Waals surface area contributed by atoms with Crippen LogP contribution < -0.4 is 14.2 Å². The maximum absolute atomic E-state index is 13.1. The number of ether oxygens (including phenoxy) is 3. The largest absolute Gasteiger partial charge is 0.490 e. The van der Waals surface area contributed by atoms with E-state index in [1.165, 1.54) is 0 Å². The molecule has 7 nitrogen and oxygen atoms in total. The van der Waals surface area contributed by atoms with Gasteiger partial charge in [-0.15, -0.1) is 0 Å². The van der Waals surface area contributed by atoms with Crippen LogP contribution >= 0.6 is 0 Å². The third kappa shape index (κ3) is 5.96. The molecule has 3 heterocycles. The lowest BCUT2D eigenvalue weighted by Crippen LogP contribution is -2.50. The second kappa shape index (κ2) is 11.4. The number of aromatic nitrogens is 1. The van der Waals surface area contributed by atoms with E-state index in [9.17, 15) is 4.79 Å². The Morgan fingerprint density at radius 1 is 0.909 bits per heavy atom. The standard InChI is InChI=1S/C26H35N3O4/c1-3-31-24-6-5-20(19-25(24)32-4-2)26(30)29-15-9-21(10-16-29)28-17-11-23(12-18-28)33-22-7-13-27-14-8-22/h5-8,13-14,19,21,23H,3-4,9-12,15-18H2,1-2H3. The summed E-state index contributed by atoms with van der Waals surface area (Å²) in [5.74, 6) is 2.29. The van der Waals surface area contributed by atoms with Gasteiger partial charge in [0.25, 0.3) is 5.91 Å². The Labute approximate surface area is 196 Å². The number of benzene rings is 1. The Balaban J connectivity index is 1.27. The molecule has 0 aliphatic carbocycles. The molecule has 0 atom stereocenters. The summed E-state index contributed by atoms with van der Waals surface area (Å²) in [6, 6.07) is 9.87. The highest BCUT2D eigenvalue weighted by Gasteiger charge is 2.30. The van der Waals surface area contributed by atoms with Gasteiger partial charge < -0.3 is 19.1 Å². The molecule has 1 aromatic heterocycles. The van der Waals surface area contributed by atoms with Gasteiger partial charge in [0.05, 0.1) is 13.2 Å². The smallest absolute Gasteiger partial charge is 0.253 e. The average Bonchev–Trinajstić information content (AvgIpc) is 2.86. The van der Waals surface area contributed by atoms with Gasteiger partial charge in [-0.2, -0.15) is 0 Å². The number of amides is 1. The van der Waals surface area contributed by atoms with E-state index < -0.39 is 0 Å². The van der Waals surface area contributed by atoms with Crippen molar-refractivity contribution in [1.82, 2.24) is 14.8 Å². The first kappa shape index (κ1) is 23.4. The molecule has 0 N–H and O–H groups in total. The lowest BCUT2D eigenvalue weighted by atomic mass is 9.98. The van der Waals surface area contributed by atoms with Gasteiger partial charge in [0.1, 0.15) is 11.9 Å². The first-order chi connectivity index (χ1) is 16.2. The first-order valence-corrected chi connectivity index (χ1v) is 12.2. The molecule has 178 valence electrons. The van der Waals surface area contributed by atoms with Gasteiger partial charge in [-0.25, -0.2) is 0 Å². The predicted molar refractivity (Wildman–Crippen MR) is 127 cm³/mol. The number of rotatable bonds is 8. The average molecular weight is 454 g/mol. The Kier molecular flexibility index (Phi) is 8.05. The van der Waals surface area contributed by atoms with E-state index in [-0.39, 0.29) is 12.0 Å². The van der Waals surface area contributed by atoms with Crippen LogP contribution in [0.4, 0.5) is 0 Å². The minimum atomic E-state index is 0.0712. The molecule has 33 heavy (non-hydrogen) atoms. The van der Waals surface area contributed by atoms with E-state index >= 15 is 0 Å². The normalized spacial score (nSPS) is 18.2. The first-order valence-electron chi connectivity index (χ1n) is 12.2. The maximum Gasteiger partial charge on any atom is 0.253 e. The van der Waals surface area contributed by atoms with Crippen LogP contribution in [0.2, 0.25) is 0 Å². The number of pyridine rings is 1. The Hall–Kier alpha value is -2.80. The molecule has 0 saturated carbocycles. The minimum Gasteiger partial charge on any atom is -0.490 e. The van der Waals surface area contributed by atoms with Crippen LogP contribution in [0.3, 0.4) is 0 Å². The highest BCUT2D eigenvalue weighted by molar-refractivity contribution is 5.95. The summed E-state index contributed by atoms with van der Waals surface area (Å²) in [5, 5.41) is 0. The van der Waals surface area contributed by atoms with Crippen molar-refractivity contribution in [3.05, 3.63) is 48.3 Å². The van der Waals surface area contributed by atoms with Gasteiger partial charge in [-0.3, -0.25) is 14.7 Å². The zero-order chi connectivity index (χ0) is 23.0. The molecule has 2 aromatic rings. The van der Waals surface area contributed by atoms with Crippen molar-refractivity contribution in [2.75, 3.05) is 39.4 Å². The van der Waals surface area contributed by atoms with Crippen molar-refractivity contribution in [1.29, 1.82) is 0 Å². The Morgan fingerprint density at radius 3 is 2.24 bits per heavy atom. The number of carbonyl (C=O) groups excluding carboxylic acids is 1. The molecule has 2 aliphatic heterocycles. The van der Waals surface area contributed by atoms with E-state index in [0.717, 1.165) is 57.6 Å². The number of likely N-dealkylation sites (tertiary alicyclic amines) is 2. The lowest BCUT2D eigenvalue weighted by Gasteiger charge is -2.41. The van der Waals surface area contributed by atoms with Crippen molar-refractivity contribution in [3.8, 4) is 17.2 Å². The van der Waals surface area contributed by atoms with Crippen LogP contribution in [0, 0.1) is 0 Å². The topological polar surface area (TPSA) is 64.1 Å².